The van der Waals surface area contributed by atoms with E-state index in [1.165, 1.54) is 11.4 Å². The van der Waals surface area contributed by atoms with Gasteiger partial charge in [-0.05, 0) is 54.5 Å². The van der Waals surface area contributed by atoms with Crippen molar-refractivity contribution in [3.63, 3.8) is 0 Å². The van der Waals surface area contributed by atoms with Gasteiger partial charge in [-0.1, -0.05) is 6.07 Å². The molecule has 0 saturated heterocycles. The summed E-state index contributed by atoms with van der Waals surface area (Å²) < 4.78 is 23.1. The number of hydrogen-bond donors (Lipinski definition) is 3. The minimum absolute atomic E-state index is 0.0124. The number of anilines is 1. The van der Waals surface area contributed by atoms with E-state index in [1.807, 2.05) is 6.92 Å². The molecule has 134 valence electrons. The molecular weight excluding hydrogens is 364 g/mol. The van der Waals surface area contributed by atoms with Gasteiger partial charge in [-0.2, -0.15) is 0 Å². The Labute approximate surface area is 149 Å². The highest BCUT2D eigenvalue weighted by atomic mass is 32.2. The van der Waals surface area contributed by atoms with Gasteiger partial charge in [0.25, 0.3) is 5.91 Å². The number of sulfonamides is 1. The van der Waals surface area contributed by atoms with Crippen molar-refractivity contribution in [2.75, 3.05) is 5.32 Å². The topological polar surface area (TPSA) is 127 Å². The van der Waals surface area contributed by atoms with E-state index in [9.17, 15) is 18.0 Å². The van der Waals surface area contributed by atoms with E-state index in [4.69, 9.17) is 10.2 Å². The van der Waals surface area contributed by atoms with E-state index >= 15 is 0 Å². The van der Waals surface area contributed by atoms with Crippen LogP contribution in [0.4, 0.5) is 5.69 Å². The Morgan fingerprint density at radius 1 is 1.24 bits per heavy atom. The maximum absolute atomic E-state index is 12.5. The molecule has 0 saturated carbocycles. The number of rotatable bonds is 5. The van der Waals surface area contributed by atoms with Crippen LogP contribution < -0.4 is 10.5 Å². The molecule has 0 atom stereocenters. The second kappa shape index (κ2) is 6.95. The van der Waals surface area contributed by atoms with Crippen LogP contribution in [0.3, 0.4) is 0 Å². The SMILES string of the molecule is Cc1cc(C)c(NC(=O)c2sccc2S(N)(=O)=O)c(C)c1CC(=O)O. The van der Waals surface area contributed by atoms with Crippen molar-refractivity contribution in [3.05, 3.63) is 44.6 Å². The Balaban J connectivity index is 2.46. The van der Waals surface area contributed by atoms with Crippen LogP contribution in [0.2, 0.25) is 0 Å². The summed E-state index contributed by atoms with van der Waals surface area (Å²) in [5.74, 6) is -1.57. The van der Waals surface area contributed by atoms with E-state index in [2.05, 4.69) is 5.32 Å². The third-order valence-corrected chi connectivity index (χ3v) is 5.84. The van der Waals surface area contributed by atoms with Crippen molar-refractivity contribution in [1.82, 2.24) is 0 Å². The first-order valence-electron chi connectivity index (χ1n) is 7.25. The largest absolute Gasteiger partial charge is 0.481 e. The van der Waals surface area contributed by atoms with Gasteiger partial charge < -0.3 is 10.4 Å². The summed E-state index contributed by atoms with van der Waals surface area (Å²) in [6, 6.07) is 3.07. The number of aliphatic carboxylic acids is 1. The van der Waals surface area contributed by atoms with Crippen molar-refractivity contribution in [1.29, 1.82) is 0 Å². The summed E-state index contributed by atoms with van der Waals surface area (Å²) in [6.07, 6.45) is -0.164. The lowest BCUT2D eigenvalue weighted by atomic mass is 9.95. The molecule has 0 aliphatic carbocycles. The van der Waals surface area contributed by atoms with E-state index in [-0.39, 0.29) is 16.2 Å². The van der Waals surface area contributed by atoms with Gasteiger partial charge in [-0.25, -0.2) is 13.6 Å². The minimum Gasteiger partial charge on any atom is -0.481 e. The monoisotopic (exact) mass is 382 g/mol. The van der Waals surface area contributed by atoms with Crippen LogP contribution in [0.25, 0.3) is 0 Å². The molecule has 0 aliphatic rings. The van der Waals surface area contributed by atoms with E-state index in [0.29, 0.717) is 16.8 Å². The molecule has 0 radical (unpaired) electrons. The van der Waals surface area contributed by atoms with Gasteiger partial charge in [0, 0.05) is 5.69 Å². The third-order valence-electron chi connectivity index (χ3n) is 3.84. The molecule has 7 nitrogen and oxygen atoms in total. The number of nitrogens with one attached hydrogen (secondary N) is 1. The first-order chi connectivity index (χ1) is 11.5. The quantitative estimate of drug-likeness (QED) is 0.731. The van der Waals surface area contributed by atoms with E-state index in [0.717, 1.165) is 22.5 Å². The normalized spacial score (nSPS) is 11.4. The number of carbonyl (C=O) groups excluding carboxylic acids is 1. The van der Waals surface area contributed by atoms with Gasteiger partial charge >= 0.3 is 5.97 Å². The highest BCUT2D eigenvalue weighted by Crippen LogP contribution is 2.29. The molecule has 1 amide bonds. The van der Waals surface area contributed by atoms with Gasteiger partial charge in [0.15, 0.2) is 0 Å². The maximum Gasteiger partial charge on any atom is 0.307 e. The van der Waals surface area contributed by atoms with Crippen LogP contribution in [-0.4, -0.2) is 25.4 Å². The van der Waals surface area contributed by atoms with Crippen molar-refractivity contribution in [2.24, 2.45) is 5.14 Å². The fourth-order valence-electron chi connectivity index (χ4n) is 2.70. The third kappa shape index (κ3) is 4.06. The summed E-state index contributed by atoms with van der Waals surface area (Å²) in [7, 11) is -4.01. The molecule has 2 aromatic rings. The highest BCUT2D eigenvalue weighted by Gasteiger charge is 2.23. The molecule has 0 unspecified atom stereocenters. The zero-order valence-electron chi connectivity index (χ0n) is 13.9. The first-order valence-corrected chi connectivity index (χ1v) is 9.68. The van der Waals surface area contributed by atoms with Gasteiger partial charge in [-0.15, -0.1) is 11.3 Å². The van der Waals surface area contributed by atoms with Crippen molar-refractivity contribution < 1.29 is 23.1 Å². The highest BCUT2D eigenvalue weighted by molar-refractivity contribution is 7.89. The molecule has 0 aliphatic heterocycles. The van der Waals surface area contributed by atoms with Gasteiger partial charge in [0.05, 0.1) is 6.42 Å². The number of amides is 1. The Morgan fingerprint density at radius 3 is 2.44 bits per heavy atom. The second-order valence-electron chi connectivity index (χ2n) is 5.67. The fraction of sp³-hybridized carbons (Fsp3) is 0.250. The van der Waals surface area contributed by atoms with E-state index in [1.54, 1.807) is 19.9 Å². The average Bonchev–Trinajstić information content (AvgIpc) is 2.97. The van der Waals surface area contributed by atoms with Gasteiger partial charge in [0.2, 0.25) is 10.0 Å². The standard InChI is InChI=1S/C16H18N2O5S2/c1-8-6-9(2)14(10(3)11(8)7-13(19)20)18-16(21)15-12(4-5-24-15)25(17,22)23/h4-6H,7H2,1-3H3,(H,18,21)(H,19,20)(H2,17,22,23). The lowest BCUT2D eigenvalue weighted by Gasteiger charge is -2.17. The number of nitrogens with two attached hydrogens (primary N) is 1. The predicted octanol–water partition coefficient (Wildman–Crippen LogP) is 2.20. The van der Waals surface area contributed by atoms with Crippen molar-refractivity contribution >= 4 is 38.9 Å². The predicted molar refractivity (Wildman–Crippen MR) is 95.6 cm³/mol. The number of aryl methyl sites for hydroxylation is 2. The fourth-order valence-corrected chi connectivity index (χ4v) is 4.57. The van der Waals surface area contributed by atoms with Crippen molar-refractivity contribution in [2.45, 2.75) is 32.1 Å². The zero-order chi connectivity index (χ0) is 18.9. The average molecular weight is 382 g/mol. The smallest absolute Gasteiger partial charge is 0.307 e. The minimum atomic E-state index is -4.01. The summed E-state index contributed by atoms with van der Waals surface area (Å²) in [6.45, 7) is 5.32. The summed E-state index contributed by atoms with van der Waals surface area (Å²) in [5, 5.41) is 18.4. The molecule has 2 rings (SSSR count). The molecule has 9 heteroatoms. The van der Waals surface area contributed by atoms with Gasteiger partial charge in [-0.3, -0.25) is 9.59 Å². The molecule has 1 aromatic carbocycles. The number of hydrogen-bond acceptors (Lipinski definition) is 5. The molecule has 25 heavy (non-hydrogen) atoms. The molecule has 1 heterocycles. The Kier molecular flexibility index (Phi) is 5.31. The molecule has 0 fully saturated rings. The van der Waals surface area contributed by atoms with Gasteiger partial charge in [0.1, 0.15) is 9.77 Å². The lowest BCUT2D eigenvalue weighted by molar-refractivity contribution is -0.136. The van der Waals surface area contributed by atoms with Crippen LogP contribution in [-0.2, 0) is 21.2 Å². The number of benzene rings is 1. The molecule has 0 spiro atoms. The lowest BCUT2D eigenvalue weighted by Crippen LogP contribution is -2.19. The second-order valence-corrected chi connectivity index (χ2v) is 8.12. The molecule has 4 N–H and O–H groups in total. The number of thiophene rings is 1. The van der Waals surface area contributed by atoms with Crippen LogP contribution in [0.1, 0.15) is 31.9 Å². The maximum atomic E-state index is 12.5. The Bertz CT molecular complexity index is 961. The van der Waals surface area contributed by atoms with Crippen LogP contribution in [0.15, 0.2) is 22.4 Å². The van der Waals surface area contributed by atoms with Crippen LogP contribution in [0, 0.1) is 20.8 Å². The van der Waals surface area contributed by atoms with Crippen molar-refractivity contribution in [3.8, 4) is 0 Å². The summed E-state index contributed by atoms with van der Waals surface area (Å²) in [4.78, 5) is 23.4. The summed E-state index contributed by atoms with van der Waals surface area (Å²) >= 11 is 0.968. The van der Waals surface area contributed by atoms with Crippen LogP contribution in [0.5, 0.6) is 0 Å². The molecule has 0 bridgehead atoms. The van der Waals surface area contributed by atoms with E-state index < -0.39 is 21.9 Å². The van der Waals surface area contributed by atoms with Crippen LogP contribution >= 0.6 is 11.3 Å². The summed E-state index contributed by atoms with van der Waals surface area (Å²) in [5.41, 5.74) is 3.30. The number of carboxylic acid groups (broad SMARTS) is 1. The number of primary sulfonamides is 1. The first kappa shape index (κ1) is 19.1. The Morgan fingerprint density at radius 2 is 1.88 bits per heavy atom. The molecular formula is C16H18N2O5S2. The Hall–Kier alpha value is -2.23. The number of carbonyl (C=O) groups is 2. The zero-order valence-corrected chi connectivity index (χ0v) is 15.5. The number of carboxylic acids is 1. The molecule has 1 aromatic heterocycles.